The Kier molecular flexibility index (Phi) is 9.99. The molecule has 0 bridgehead atoms. The highest BCUT2D eigenvalue weighted by Gasteiger charge is 2.25. The third-order valence-corrected chi connectivity index (χ3v) is 4.71. The van der Waals surface area contributed by atoms with Crippen LogP contribution in [-0.4, -0.2) is 50.1 Å². The molecule has 1 fully saturated rings. The Bertz CT molecular complexity index is 753. The van der Waals surface area contributed by atoms with Crippen LogP contribution in [-0.2, 0) is 22.7 Å². The molecule has 8 heteroatoms. The number of carbonyl (C=O) groups is 1. The van der Waals surface area contributed by atoms with Crippen LogP contribution in [0.1, 0.15) is 17.7 Å². The van der Waals surface area contributed by atoms with Gasteiger partial charge >= 0.3 is 0 Å². The predicted molar refractivity (Wildman–Crippen MR) is 123 cm³/mol. The van der Waals surface area contributed by atoms with Crippen molar-refractivity contribution in [2.45, 2.75) is 19.6 Å². The van der Waals surface area contributed by atoms with Crippen molar-refractivity contribution in [3.63, 3.8) is 0 Å². The van der Waals surface area contributed by atoms with Crippen LogP contribution in [0.2, 0.25) is 0 Å². The van der Waals surface area contributed by atoms with Crippen LogP contribution in [0.25, 0.3) is 0 Å². The first kappa shape index (κ1) is 23.2. The lowest BCUT2D eigenvalue weighted by atomic mass is 10.1. The molecule has 1 atom stereocenters. The van der Waals surface area contributed by atoms with E-state index in [-0.39, 0.29) is 36.4 Å². The maximum Gasteiger partial charge on any atom is 0.239 e. The number of hydrogen-bond acceptors (Lipinski definition) is 4. The summed E-state index contributed by atoms with van der Waals surface area (Å²) in [5, 5.41) is 5.95. The molecule has 158 valence electrons. The zero-order valence-electron chi connectivity index (χ0n) is 16.7. The van der Waals surface area contributed by atoms with Gasteiger partial charge in [-0.1, -0.05) is 30.3 Å². The molecule has 1 aromatic carbocycles. The van der Waals surface area contributed by atoms with Gasteiger partial charge in [0.1, 0.15) is 5.76 Å². The third-order valence-electron chi connectivity index (χ3n) is 4.71. The third kappa shape index (κ3) is 7.69. The minimum Gasteiger partial charge on any atom is -0.467 e. The van der Waals surface area contributed by atoms with Crippen LogP contribution in [0.5, 0.6) is 0 Å². The number of nitrogens with zero attached hydrogens (tertiary/aromatic N) is 2. The first-order chi connectivity index (χ1) is 13.7. The molecule has 0 radical (unpaired) electrons. The molecule has 29 heavy (non-hydrogen) atoms. The van der Waals surface area contributed by atoms with Gasteiger partial charge in [0.05, 0.1) is 32.6 Å². The minimum absolute atomic E-state index is 0. The van der Waals surface area contributed by atoms with E-state index in [9.17, 15) is 4.79 Å². The van der Waals surface area contributed by atoms with E-state index in [2.05, 4.69) is 32.7 Å². The van der Waals surface area contributed by atoms with Gasteiger partial charge in [-0.25, -0.2) is 0 Å². The number of rotatable bonds is 8. The number of benzene rings is 1. The zero-order chi connectivity index (χ0) is 19.6. The summed E-state index contributed by atoms with van der Waals surface area (Å²) >= 11 is 0. The molecule has 0 aliphatic carbocycles. The summed E-state index contributed by atoms with van der Waals surface area (Å²) in [6, 6.07) is 13.8. The fourth-order valence-corrected chi connectivity index (χ4v) is 3.23. The van der Waals surface area contributed by atoms with Gasteiger partial charge in [-0.3, -0.25) is 9.79 Å². The number of likely N-dealkylation sites (tertiary alicyclic amines) is 1. The molecule has 7 nitrogen and oxygen atoms in total. The van der Waals surface area contributed by atoms with Crippen LogP contribution < -0.4 is 10.6 Å². The second-order valence-electron chi connectivity index (χ2n) is 6.86. The number of guanidine groups is 1. The summed E-state index contributed by atoms with van der Waals surface area (Å²) in [5.74, 6) is 1.85. The van der Waals surface area contributed by atoms with Crippen LogP contribution in [0.3, 0.4) is 0 Å². The number of furan rings is 1. The van der Waals surface area contributed by atoms with E-state index < -0.39 is 0 Å². The maximum atomic E-state index is 12.0. The van der Waals surface area contributed by atoms with E-state index in [1.807, 2.05) is 24.3 Å². The highest BCUT2D eigenvalue weighted by molar-refractivity contribution is 14.0. The first-order valence-corrected chi connectivity index (χ1v) is 9.61. The molecule has 1 aliphatic rings. The lowest BCUT2D eigenvalue weighted by molar-refractivity contribution is -0.120. The van der Waals surface area contributed by atoms with Crippen molar-refractivity contribution in [2.75, 3.05) is 33.3 Å². The lowest BCUT2D eigenvalue weighted by Gasteiger charge is -2.21. The topological polar surface area (TPSA) is 79.1 Å². The molecule has 1 amide bonds. The molecule has 0 saturated carbocycles. The Morgan fingerprint density at radius 1 is 1.24 bits per heavy atom. The standard InChI is InChI=1S/C21H28N4O3.HI/c1-22-21(24-13-20(26)23-12-19-8-5-11-28-19)25-10-9-18(14-25)16-27-15-17-6-3-2-4-7-17;/h2-8,11,18H,9-10,12-16H2,1H3,(H,22,24)(H,23,26);1H. The summed E-state index contributed by atoms with van der Waals surface area (Å²) in [6.45, 7) is 3.72. The van der Waals surface area contributed by atoms with Gasteiger partial charge in [0.15, 0.2) is 5.96 Å². The van der Waals surface area contributed by atoms with E-state index in [0.29, 0.717) is 19.1 Å². The Balaban J connectivity index is 0.00000300. The van der Waals surface area contributed by atoms with Crippen LogP contribution in [0.4, 0.5) is 0 Å². The fraction of sp³-hybridized carbons (Fsp3) is 0.429. The Morgan fingerprint density at radius 3 is 2.79 bits per heavy atom. The van der Waals surface area contributed by atoms with Crippen molar-refractivity contribution in [3.05, 3.63) is 60.1 Å². The molecule has 1 saturated heterocycles. The van der Waals surface area contributed by atoms with Gasteiger partial charge in [0.2, 0.25) is 5.91 Å². The lowest BCUT2D eigenvalue weighted by Crippen LogP contribution is -2.44. The van der Waals surface area contributed by atoms with Crippen molar-refractivity contribution in [3.8, 4) is 0 Å². The van der Waals surface area contributed by atoms with Crippen molar-refractivity contribution >= 4 is 35.8 Å². The van der Waals surface area contributed by atoms with E-state index in [4.69, 9.17) is 9.15 Å². The van der Waals surface area contributed by atoms with E-state index in [0.717, 1.165) is 37.8 Å². The average Bonchev–Trinajstić information content (AvgIpc) is 3.40. The van der Waals surface area contributed by atoms with Gasteiger partial charge < -0.3 is 24.7 Å². The number of carbonyl (C=O) groups excluding carboxylic acids is 1. The summed E-state index contributed by atoms with van der Waals surface area (Å²) in [5.41, 5.74) is 1.19. The Morgan fingerprint density at radius 2 is 2.07 bits per heavy atom. The second-order valence-corrected chi connectivity index (χ2v) is 6.86. The molecule has 1 unspecified atom stereocenters. The zero-order valence-corrected chi connectivity index (χ0v) is 19.0. The highest BCUT2D eigenvalue weighted by Crippen LogP contribution is 2.17. The largest absolute Gasteiger partial charge is 0.467 e. The molecular weight excluding hydrogens is 483 g/mol. The van der Waals surface area contributed by atoms with Crippen molar-refractivity contribution in [1.82, 2.24) is 15.5 Å². The van der Waals surface area contributed by atoms with Gasteiger partial charge in [0.25, 0.3) is 0 Å². The van der Waals surface area contributed by atoms with Crippen molar-refractivity contribution < 1.29 is 13.9 Å². The molecule has 1 aliphatic heterocycles. The molecule has 3 rings (SSSR count). The van der Waals surface area contributed by atoms with Crippen LogP contribution in [0.15, 0.2) is 58.1 Å². The highest BCUT2D eigenvalue weighted by atomic mass is 127. The second kappa shape index (κ2) is 12.5. The SMILES string of the molecule is CN=C(NCC(=O)NCc1ccco1)N1CCC(COCc2ccccc2)C1.I. The van der Waals surface area contributed by atoms with E-state index >= 15 is 0 Å². The number of halogens is 1. The molecular formula is C21H29IN4O3. The number of hydrogen-bond donors (Lipinski definition) is 2. The van der Waals surface area contributed by atoms with Crippen molar-refractivity contribution in [1.29, 1.82) is 0 Å². The molecule has 2 N–H and O–H groups in total. The predicted octanol–water partition coefficient (Wildman–Crippen LogP) is 2.63. The normalized spacial score (nSPS) is 16.4. The maximum absolute atomic E-state index is 12.0. The summed E-state index contributed by atoms with van der Waals surface area (Å²) < 4.78 is 11.1. The van der Waals surface area contributed by atoms with Gasteiger partial charge in [-0.15, -0.1) is 24.0 Å². The quantitative estimate of drug-likeness (QED) is 0.323. The molecule has 2 heterocycles. The molecule has 0 spiro atoms. The van der Waals surface area contributed by atoms with Crippen LogP contribution >= 0.6 is 24.0 Å². The molecule has 1 aromatic heterocycles. The smallest absolute Gasteiger partial charge is 0.239 e. The average molecular weight is 512 g/mol. The fourth-order valence-electron chi connectivity index (χ4n) is 3.23. The van der Waals surface area contributed by atoms with Gasteiger partial charge in [-0.2, -0.15) is 0 Å². The monoisotopic (exact) mass is 512 g/mol. The first-order valence-electron chi connectivity index (χ1n) is 9.61. The Hall–Kier alpha value is -2.07. The summed E-state index contributed by atoms with van der Waals surface area (Å²) in [7, 11) is 1.74. The number of amides is 1. The van der Waals surface area contributed by atoms with Gasteiger partial charge in [-0.05, 0) is 24.1 Å². The summed E-state index contributed by atoms with van der Waals surface area (Å²) in [4.78, 5) is 18.5. The van der Waals surface area contributed by atoms with Crippen molar-refractivity contribution in [2.24, 2.45) is 10.9 Å². The number of nitrogens with one attached hydrogen (secondary N) is 2. The van der Waals surface area contributed by atoms with Gasteiger partial charge in [0, 0.05) is 26.1 Å². The Labute approximate surface area is 188 Å². The van der Waals surface area contributed by atoms with Crippen LogP contribution in [0, 0.1) is 5.92 Å². The summed E-state index contributed by atoms with van der Waals surface area (Å²) in [6.07, 6.45) is 2.65. The minimum atomic E-state index is -0.0977. The molecule has 2 aromatic rings. The van der Waals surface area contributed by atoms with E-state index in [1.165, 1.54) is 5.56 Å². The number of ether oxygens (including phenoxy) is 1. The van der Waals surface area contributed by atoms with E-state index in [1.54, 1.807) is 19.4 Å². The number of aliphatic imine (C=N–C) groups is 1.